The van der Waals surface area contributed by atoms with E-state index in [-0.39, 0.29) is 17.4 Å². The van der Waals surface area contributed by atoms with Crippen LogP contribution in [0.2, 0.25) is 0 Å². The average molecular weight is 627 g/mol. The summed E-state index contributed by atoms with van der Waals surface area (Å²) < 4.78 is 11.1. The highest BCUT2D eigenvalue weighted by Gasteiger charge is 2.15. The van der Waals surface area contributed by atoms with Crippen molar-refractivity contribution in [2.45, 2.75) is 110 Å². The molecule has 0 saturated carbocycles. The van der Waals surface area contributed by atoms with Crippen LogP contribution in [0.15, 0.2) is 84.0 Å². The maximum absolute atomic E-state index is 12.8. The van der Waals surface area contributed by atoms with E-state index in [2.05, 4.69) is 17.5 Å². The van der Waals surface area contributed by atoms with Gasteiger partial charge in [0.15, 0.2) is 0 Å². The fourth-order valence-corrected chi connectivity index (χ4v) is 5.13. The van der Waals surface area contributed by atoms with Gasteiger partial charge in [-0.3, -0.25) is 4.79 Å². The van der Waals surface area contributed by atoms with Crippen LogP contribution in [0.5, 0.6) is 11.5 Å². The Labute approximate surface area is 274 Å². The molecule has 0 radical (unpaired) electrons. The first-order chi connectivity index (χ1) is 22.6. The number of carbonyl (C=O) groups excluding carboxylic acids is 3. The Morgan fingerprint density at radius 3 is 1.61 bits per heavy atom. The Hall–Kier alpha value is -4.26. The van der Waals surface area contributed by atoms with Gasteiger partial charge in [-0.25, -0.2) is 15.0 Å². The van der Waals surface area contributed by atoms with E-state index in [4.69, 9.17) is 9.47 Å². The van der Waals surface area contributed by atoms with Crippen molar-refractivity contribution in [2.24, 2.45) is 5.10 Å². The molecule has 7 nitrogen and oxygen atoms in total. The highest BCUT2D eigenvalue weighted by atomic mass is 16.5. The monoisotopic (exact) mass is 626 g/mol. The summed E-state index contributed by atoms with van der Waals surface area (Å²) in [6, 6.07) is 21.9. The largest absolute Gasteiger partial charge is 0.423 e. The van der Waals surface area contributed by atoms with E-state index < -0.39 is 11.9 Å². The Balaban J connectivity index is 1.39. The second-order valence-electron chi connectivity index (χ2n) is 11.7. The van der Waals surface area contributed by atoms with E-state index in [1.807, 2.05) is 6.07 Å². The molecular weight excluding hydrogens is 576 g/mol. The van der Waals surface area contributed by atoms with Gasteiger partial charge in [-0.1, -0.05) is 133 Å². The minimum absolute atomic E-state index is 0.146. The molecule has 0 fully saturated rings. The minimum Gasteiger partial charge on any atom is -0.423 e. The number of unbranched alkanes of at least 4 members (excludes halogenated alkanes) is 14. The lowest BCUT2D eigenvalue weighted by Gasteiger charge is -2.10. The Morgan fingerprint density at radius 1 is 0.609 bits per heavy atom. The van der Waals surface area contributed by atoms with Gasteiger partial charge in [0.25, 0.3) is 0 Å². The fraction of sp³-hybridized carbons (Fsp3) is 0.436. The standard InChI is InChI=1S/C39H50N2O5/c1-2-3-4-5-6-7-8-9-10-11-12-13-14-15-22-27-37(42)41-40-31-34-28-29-35(45-38(43)32-23-18-16-19-24-32)30-36(34)46-39(44)33-25-20-17-21-26-33/h16-21,23-26,28-31H,2-15,22,27H2,1H3,(H,41,42)/b40-31-. The molecule has 0 saturated heterocycles. The lowest BCUT2D eigenvalue weighted by atomic mass is 10.0. The zero-order valence-corrected chi connectivity index (χ0v) is 27.4. The predicted molar refractivity (Wildman–Crippen MR) is 185 cm³/mol. The van der Waals surface area contributed by atoms with Crippen molar-refractivity contribution in [2.75, 3.05) is 0 Å². The van der Waals surface area contributed by atoms with Gasteiger partial charge in [0.2, 0.25) is 5.91 Å². The second-order valence-corrected chi connectivity index (χ2v) is 11.7. The molecule has 0 aliphatic carbocycles. The summed E-state index contributed by atoms with van der Waals surface area (Å²) in [6.07, 6.45) is 20.9. The van der Waals surface area contributed by atoms with Crippen LogP contribution < -0.4 is 14.9 Å². The summed E-state index contributed by atoms with van der Waals surface area (Å²) in [5, 5.41) is 4.09. The van der Waals surface area contributed by atoms with Gasteiger partial charge in [-0.2, -0.15) is 5.10 Å². The van der Waals surface area contributed by atoms with Crippen molar-refractivity contribution in [3.63, 3.8) is 0 Å². The summed E-state index contributed by atoms with van der Waals surface area (Å²) in [6.45, 7) is 2.26. The molecule has 1 N–H and O–H groups in total. The summed E-state index contributed by atoms with van der Waals surface area (Å²) in [5.74, 6) is -0.915. The minimum atomic E-state index is -0.570. The van der Waals surface area contributed by atoms with Crippen molar-refractivity contribution in [1.29, 1.82) is 0 Å². The second kappa shape index (κ2) is 22.3. The molecule has 3 aromatic carbocycles. The number of nitrogens with one attached hydrogen (secondary N) is 1. The summed E-state index contributed by atoms with van der Waals surface area (Å²) in [7, 11) is 0. The van der Waals surface area contributed by atoms with Crippen LogP contribution in [0.3, 0.4) is 0 Å². The molecule has 0 spiro atoms. The lowest BCUT2D eigenvalue weighted by molar-refractivity contribution is -0.121. The summed E-state index contributed by atoms with van der Waals surface area (Å²) in [5.41, 5.74) is 3.77. The van der Waals surface area contributed by atoms with Crippen molar-refractivity contribution >= 4 is 24.1 Å². The van der Waals surface area contributed by atoms with Crippen LogP contribution in [0.25, 0.3) is 0 Å². The highest BCUT2D eigenvalue weighted by molar-refractivity contribution is 5.94. The number of rotatable bonds is 22. The molecule has 0 atom stereocenters. The summed E-state index contributed by atoms with van der Waals surface area (Å²) in [4.78, 5) is 37.7. The molecule has 1 amide bonds. The SMILES string of the molecule is CCCCCCCCCCCCCCCCCC(=O)N/N=C\c1ccc(OC(=O)c2ccccc2)cc1OC(=O)c1ccccc1. The smallest absolute Gasteiger partial charge is 0.343 e. The zero-order valence-electron chi connectivity index (χ0n) is 27.4. The Morgan fingerprint density at radius 2 is 1.09 bits per heavy atom. The highest BCUT2D eigenvalue weighted by Crippen LogP contribution is 2.26. The number of esters is 2. The van der Waals surface area contributed by atoms with Crippen LogP contribution in [0.1, 0.15) is 136 Å². The van der Waals surface area contributed by atoms with Crippen LogP contribution >= 0.6 is 0 Å². The van der Waals surface area contributed by atoms with Gasteiger partial charge in [0.05, 0.1) is 17.3 Å². The third-order valence-electron chi connectivity index (χ3n) is 7.82. The number of hydrazone groups is 1. The van der Waals surface area contributed by atoms with Crippen molar-refractivity contribution in [3.8, 4) is 11.5 Å². The van der Waals surface area contributed by atoms with Gasteiger partial charge >= 0.3 is 11.9 Å². The number of ether oxygens (including phenoxy) is 2. The average Bonchev–Trinajstić information content (AvgIpc) is 3.08. The van der Waals surface area contributed by atoms with Gasteiger partial charge in [-0.15, -0.1) is 0 Å². The molecule has 246 valence electrons. The molecule has 0 heterocycles. The van der Waals surface area contributed by atoms with Crippen molar-refractivity contribution in [1.82, 2.24) is 5.43 Å². The van der Waals surface area contributed by atoms with Gasteiger partial charge < -0.3 is 9.47 Å². The maximum Gasteiger partial charge on any atom is 0.343 e. The molecule has 0 aromatic heterocycles. The molecule has 0 aliphatic heterocycles. The molecule has 3 aromatic rings. The lowest BCUT2D eigenvalue weighted by Crippen LogP contribution is -2.17. The van der Waals surface area contributed by atoms with Crippen LogP contribution in [0.4, 0.5) is 0 Å². The van der Waals surface area contributed by atoms with E-state index in [9.17, 15) is 14.4 Å². The van der Waals surface area contributed by atoms with E-state index in [0.717, 1.165) is 19.3 Å². The molecule has 0 bridgehead atoms. The van der Waals surface area contributed by atoms with E-state index in [0.29, 0.717) is 23.1 Å². The number of carbonyl (C=O) groups is 3. The summed E-state index contributed by atoms with van der Waals surface area (Å²) >= 11 is 0. The normalized spacial score (nSPS) is 11.0. The first-order valence-corrected chi connectivity index (χ1v) is 17.1. The number of amides is 1. The van der Waals surface area contributed by atoms with Crippen LogP contribution in [-0.4, -0.2) is 24.1 Å². The number of benzene rings is 3. The van der Waals surface area contributed by atoms with Crippen LogP contribution in [0, 0.1) is 0 Å². The molecule has 3 rings (SSSR count). The van der Waals surface area contributed by atoms with E-state index >= 15 is 0 Å². The first kappa shape index (κ1) is 36.2. The Kier molecular flexibility index (Phi) is 17.5. The third-order valence-corrected chi connectivity index (χ3v) is 7.82. The van der Waals surface area contributed by atoms with Crippen molar-refractivity contribution < 1.29 is 23.9 Å². The molecule has 0 unspecified atom stereocenters. The van der Waals surface area contributed by atoms with Crippen LogP contribution in [-0.2, 0) is 4.79 Å². The molecular formula is C39H50N2O5. The molecule has 46 heavy (non-hydrogen) atoms. The van der Waals surface area contributed by atoms with Gasteiger partial charge in [-0.05, 0) is 42.8 Å². The molecule has 0 aliphatic rings. The number of hydrogen-bond acceptors (Lipinski definition) is 6. The number of hydrogen-bond donors (Lipinski definition) is 1. The Bertz CT molecular complexity index is 1340. The van der Waals surface area contributed by atoms with Gasteiger partial charge in [0.1, 0.15) is 11.5 Å². The fourth-order valence-electron chi connectivity index (χ4n) is 5.13. The topological polar surface area (TPSA) is 94.1 Å². The molecule has 7 heteroatoms. The van der Waals surface area contributed by atoms with E-state index in [1.165, 1.54) is 89.3 Å². The maximum atomic E-state index is 12.8. The predicted octanol–water partition coefficient (Wildman–Crippen LogP) is 9.84. The quantitative estimate of drug-likeness (QED) is 0.0394. The van der Waals surface area contributed by atoms with Crippen molar-refractivity contribution in [3.05, 3.63) is 95.6 Å². The van der Waals surface area contributed by atoms with Gasteiger partial charge in [0, 0.05) is 18.1 Å². The first-order valence-electron chi connectivity index (χ1n) is 17.1. The third kappa shape index (κ3) is 14.7. The zero-order chi connectivity index (χ0) is 32.7. The number of nitrogens with zero attached hydrogens (tertiary/aromatic N) is 1. The van der Waals surface area contributed by atoms with E-state index in [1.54, 1.807) is 66.7 Å².